The predicted octanol–water partition coefficient (Wildman–Crippen LogP) is 4.74. The first-order valence-electron chi connectivity index (χ1n) is 10.6. The maximum absolute atomic E-state index is 8.43. The van der Waals surface area contributed by atoms with Gasteiger partial charge < -0.3 is 15.1 Å². The van der Waals surface area contributed by atoms with Crippen LogP contribution in [0.5, 0.6) is 0 Å². The summed E-state index contributed by atoms with van der Waals surface area (Å²) in [6, 6.07) is 8.56. The molecule has 1 aromatic carbocycles. The maximum atomic E-state index is 8.43. The van der Waals surface area contributed by atoms with Crippen molar-refractivity contribution in [2.45, 2.75) is 53.0 Å². The van der Waals surface area contributed by atoms with Gasteiger partial charge in [0.1, 0.15) is 11.7 Å². The molecule has 2 fully saturated rings. The van der Waals surface area contributed by atoms with Crippen LogP contribution in [0.15, 0.2) is 48.3 Å². The van der Waals surface area contributed by atoms with E-state index >= 15 is 0 Å². The van der Waals surface area contributed by atoms with Crippen LogP contribution in [0.25, 0.3) is 0 Å². The number of rotatable bonds is 5. The lowest BCUT2D eigenvalue weighted by molar-refractivity contribution is 0.341. The maximum Gasteiger partial charge on any atom is 0.128 e. The molecular formula is C23H36N4. The van der Waals surface area contributed by atoms with Gasteiger partial charge in [-0.05, 0) is 37.3 Å². The van der Waals surface area contributed by atoms with E-state index in [0.29, 0.717) is 5.84 Å². The molecule has 3 rings (SSSR count). The zero-order chi connectivity index (χ0) is 19.5. The van der Waals surface area contributed by atoms with Crippen LogP contribution in [0.4, 0.5) is 0 Å². The van der Waals surface area contributed by atoms with Crippen molar-refractivity contribution in [2.75, 3.05) is 26.2 Å². The first-order chi connectivity index (χ1) is 13.3. The predicted molar refractivity (Wildman–Crippen MR) is 116 cm³/mol. The highest BCUT2D eigenvalue weighted by Gasteiger charge is 2.17. The molecule has 2 saturated heterocycles. The Kier molecular flexibility index (Phi) is 8.96. The number of nitrogens with one attached hydrogen (secondary N) is 2. The van der Waals surface area contributed by atoms with Crippen LogP contribution >= 0.6 is 0 Å². The number of nitrogens with zero attached hydrogens (tertiary/aromatic N) is 2. The Bertz CT molecular complexity index is 624. The van der Waals surface area contributed by atoms with Crippen molar-refractivity contribution in [3.05, 3.63) is 59.4 Å². The normalized spacial score (nSPS) is 18.4. The summed E-state index contributed by atoms with van der Waals surface area (Å²) in [7, 11) is 0. The molecule has 148 valence electrons. The second-order valence-corrected chi connectivity index (χ2v) is 6.83. The van der Waals surface area contributed by atoms with Gasteiger partial charge in [0.25, 0.3) is 0 Å². The standard InChI is InChI=1S/C21H30N4.C2H6/c1-2-3-5-8-20-23-13-16-25(20)17-18-9-11-19(12-10-18)21(22)24-14-6-4-7-15-24;1-2/h3,5,8-12,22-23H,2,4,6-7,13-17H2,1H3;1-2H3/b5-3+,20-8+,22-21?;. The first kappa shape index (κ1) is 21.1. The molecule has 1 aromatic rings. The van der Waals surface area contributed by atoms with E-state index in [2.05, 4.69) is 64.5 Å². The van der Waals surface area contributed by atoms with E-state index in [-0.39, 0.29) is 0 Å². The van der Waals surface area contributed by atoms with Gasteiger partial charge in [-0.3, -0.25) is 5.41 Å². The monoisotopic (exact) mass is 368 g/mol. The Morgan fingerprint density at radius 3 is 2.44 bits per heavy atom. The molecule has 2 aliphatic heterocycles. The van der Waals surface area contributed by atoms with Gasteiger partial charge in [0.2, 0.25) is 0 Å². The van der Waals surface area contributed by atoms with Crippen molar-refractivity contribution in [3.8, 4) is 0 Å². The Balaban J connectivity index is 0.00000126. The van der Waals surface area contributed by atoms with Gasteiger partial charge >= 0.3 is 0 Å². The average Bonchev–Trinajstić information content (AvgIpc) is 3.17. The molecule has 0 unspecified atom stereocenters. The van der Waals surface area contributed by atoms with E-state index in [4.69, 9.17) is 5.41 Å². The molecule has 2 heterocycles. The van der Waals surface area contributed by atoms with Crippen molar-refractivity contribution < 1.29 is 0 Å². The second-order valence-electron chi connectivity index (χ2n) is 6.83. The molecular weight excluding hydrogens is 332 g/mol. The average molecular weight is 369 g/mol. The molecule has 0 bridgehead atoms. The molecule has 0 aliphatic carbocycles. The lowest BCUT2D eigenvalue weighted by Crippen LogP contribution is -2.35. The summed E-state index contributed by atoms with van der Waals surface area (Å²) in [5.41, 5.74) is 2.33. The topological polar surface area (TPSA) is 42.4 Å². The third kappa shape index (κ3) is 6.16. The number of benzene rings is 1. The van der Waals surface area contributed by atoms with Crippen molar-refractivity contribution in [2.24, 2.45) is 0 Å². The fraction of sp³-hybridized carbons (Fsp3) is 0.522. The molecule has 0 spiro atoms. The molecule has 0 atom stereocenters. The first-order valence-corrected chi connectivity index (χ1v) is 10.6. The minimum Gasteiger partial charge on any atom is -0.370 e. The van der Waals surface area contributed by atoms with Crippen molar-refractivity contribution in [1.29, 1.82) is 5.41 Å². The second kappa shape index (κ2) is 11.5. The van der Waals surface area contributed by atoms with Crippen LogP contribution in [0.3, 0.4) is 0 Å². The number of hydrogen-bond donors (Lipinski definition) is 2. The summed E-state index contributed by atoms with van der Waals surface area (Å²) in [6.07, 6.45) is 11.3. The fourth-order valence-electron chi connectivity index (χ4n) is 3.46. The van der Waals surface area contributed by atoms with Crippen molar-refractivity contribution in [1.82, 2.24) is 15.1 Å². The van der Waals surface area contributed by atoms with Gasteiger partial charge in [0.05, 0.1) is 0 Å². The minimum absolute atomic E-state index is 0.680. The number of allylic oxidation sites excluding steroid dienone is 3. The number of likely N-dealkylation sites (tertiary alicyclic amines) is 1. The van der Waals surface area contributed by atoms with E-state index in [9.17, 15) is 0 Å². The highest BCUT2D eigenvalue weighted by atomic mass is 15.3. The third-order valence-corrected chi connectivity index (χ3v) is 4.93. The largest absolute Gasteiger partial charge is 0.370 e. The van der Waals surface area contributed by atoms with Crippen LogP contribution in [0.1, 0.15) is 57.6 Å². The zero-order valence-electron chi connectivity index (χ0n) is 17.3. The molecule has 27 heavy (non-hydrogen) atoms. The van der Waals surface area contributed by atoms with Crippen LogP contribution in [0.2, 0.25) is 0 Å². The van der Waals surface area contributed by atoms with E-state index in [1.54, 1.807) is 0 Å². The summed E-state index contributed by atoms with van der Waals surface area (Å²) < 4.78 is 0. The van der Waals surface area contributed by atoms with E-state index < -0.39 is 0 Å². The van der Waals surface area contributed by atoms with Gasteiger partial charge in [-0.1, -0.05) is 57.2 Å². The molecule has 0 amide bonds. The minimum atomic E-state index is 0.680. The Labute approximate surface area is 165 Å². The van der Waals surface area contributed by atoms with Crippen LogP contribution in [-0.4, -0.2) is 41.8 Å². The van der Waals surface area contributed by atoms with Gasteiger partial charge in [0.15, 0.2) is 0 Å². The lowest BCUT2D eigenvalue weighted by atomic mass is 10.1. The van der Waals surface area contributed by atoms with Crippen molar-refractivity contribution >= 4 is 5.84 Å². The zero-order valence-corrected chi connectivity index (χ0v) is 17.3. The Morgan fingerprint density at radius 2 is 1.78 bits per heavy atom. The van der Waals surface area contributed by atoms with Gasteiger partial charge in [-0.2, -0.15) is 0 Å². The number of amidine groups is 1. The van der Waals surface area contributed by atoms with Crippen molar-refractivity contribution in [3.63, 3.8) is 0 Å². The summed E-state index contributed by atoms with van der Waals surface area (Å²) in [5, 5.41) is 11.9. The van der Waals surface area contributed by atoms with Gasteiger partial charge in [0, 0.05) is 38.3 Å². The molecule has 0 saturated carbocycles. The highest BCUT2D eigenvalue weighted by Crippen LogP contribution is 2.16. The van der Waals surface area contributed by atoms with E-state index in [0.717, 1.165) is 44.7 Å². The summed E-state index contributed by atoms with van der Waals surface area (Å²) >= 11 is 0. The summed E-state index contributed by atoms with van der Waals surface area (Å²) in [4.78, 5) is 4.59. The summed E-state index contributed by atoms with van der Waals surface area (Å²) in [6.45, 7) is 11.2. The Morgan fingerprint density at radius 1 is 1.07 bits per heavy atom. The van der Waals surface area contributed by atoms with Crippen LogP contribution < -0.4 is 5.32 Å². The summed E-state index contributed by atoms with van der Waals surface area (Å²) in [5.74, 6) is 1.88. The van der Waals surface area contributed by atoms with Gasteiger partial charge in [-0.15, -0.1) is 0 Å². The molecule has 4 heteroatoms. The SMILES string of the molecule is CC.CC/C=C/C=C1\NCCN1Cc1ccc(C(=N)N2CCCCC2)cc1. The molecule has 2 aliphatic rings. The molecule has 0 aromatic heterocycles. The molecule has 0 radical (unpaired) electrons. The Hall–Kier alpha value is -2.23. The highest BCUT2D eigenvalue weighted by molar-refractivity contribution is 5.96. The smallest absolute Gasteiger partial charge is 0.128 e. The van der Waals surface area contributed by atoms with Gasteiger partial charge in [-0.25, -0.2) is 0 Å². The lowest BCUT2D eigenvalue weighted by Gasteiger charge is -2.29. The van der Waals surface area contributed by atoms with E-state index in [1.807, 2.05) is 13.8 Å². The van der Waals surface area contributed by atoms with Crippen LogP contribution in [0, 0.1) is 5.41 Å². The molecule has 2 N–H and O–H groups in total. The van der Waals surface area contributed by atoms with E-state index in [1.165, 1.54) is 30.6 Å². The number of hydrogen-bond acceptors (Lipinski definition) is 3. The third-order valence-electron chi connectivity index (χ3n) is 4.93. The number of piperidine rings is 1. The molecule has 4 nitrogen and oxygen atoms in total. The van der Waals surface area contributed by atoms with Crippen LogP contribution in [-0.2, 0) is 6.54 Å². The quantitative estimate of drug-likeness (QED) is 0.583. The fourth-order valence-corrected chi connectivity index (χ4v) is 3.46.